The second-order valence-electron chi connectivity index (χ2n) is 4.00. The van der Waals surface area contributed by atoms with Gasteiger partial charge in [-0.1, -0.05) is 33.6 Å². The Kier molecular flexibility index (Phi) is 4.25. The van der Waals surface area contributed by atoms with Gasteiger partial charge in [0.2, 0.25) is 0 Å². The highest BCUT2D eigenvalue weighted by Gasteiger charge is 2.05. The molecule has 0 heterocycles. The van der Waals surface area contributed by atoms with Gasteiger partial charge in [0, 0.05) is 27.3 Å². The van der Waals surface area contributed by atoms with E-state index < -0.39 is 0 Å². The maximum Gasteiger partial charge on any atom is 0.128 e. The fraction of sp³-hybridized carbons (Fsp3) is 0.143. The number of hydrogen-bond acceptors (Lipinski definition) is 1. The first-order chi connectivity index (χ1) is 8.58. The van der Waals surface area contributed by atoms with Crippen molar-refractivity contribution < 1.29 is 4.39 Å². The van der Waals surface area contributed by atoms with Gasteiger partial charge in [0.1, 0.15) is 5.82 Å². The fourth-order valence-electron chi connectivity index (χ4n) is 1.67. The molecule has 0 saturated carbocycles. The van der Waals surface area contributed by atoms with Crippen LogP contribution in [0.25, 0.3) is 0 Å². The second kappa shape index (κ2) is 5.72. The summed E-state index contributed by atoms with van der Waals surface area (Å²) in [5.74, 6) is -0.204. The Hall–Kier alpha value is -1.06. The smallest absolute Gasteiger partial charge is 0.128 e. The number of anilines is 1. The molecule has 0 aliphatic heterocycles. The molecule has 4 heteroatoms. The summed E-state index contributed by atoms with van der Waals surface area (Å²) < 4.78 is 14.4. The third-order valence-corrected chi connectivity index (χ3v) is 3.75. The average Bonchev–Trinajstić information content (AvgIpc) is 2.35. The highest BCUT2D eigenvalue weighted by atomic mass is 79.9. The number of rotatable bonds is 3. The monoisotopic (exact) mass is 327 g/mol. The Labute approximate surface area is 119 Å². The lowest BCUT2D eigenvalue weighted by atomic mass is 10.1. The van der Waals surface area contributed by atoms with E-state index in [1.165, 1.54) is 6.07 Å². The molecule has 1 N–H and O–H groups in total. The number of nitrogens with one attached hydrogen (secondary N) is 1. The van der Waals surface area contributed by atoms with E-state index in [4.69, 9.17) is 11.6 Å². The predicted octanol–water partition coefficient (Wildman–Crippen LogP) is 5.16. The lowest BCUT2D eigenvalue weighted by molar-refractivity contribution is 0.619. The number of hydrogen-bond donors (Lipinski definition) is 1. The first-order valence-electron chi connectivity index (χ1n) is 5.51. The van der Waals surface area contributed by atoms with Crippen LogP contribution in [0.2, 0.25) is 5.02 Å². The zero-order valence-corrected chi connectivity index (χ0v) is 12.1. The van der Waals surface area contributed by atoms with Gasteiger partial charge in [-0.05, 0) is 42.8 Å². The third kappa shape index (κ3) is 3.03. The van der Waals surface area contributed by atoms with Gasteiger partial charge in [-0.25, -0.2) is 4.39 Å². The minimum Gasteiger partial charge on any atom is -0.381 e. The predicted molar refractivity (Wildman–Crippen MR) is 77.6 cm³/mol. The first kappa shape index (κ1) is 13.4. The Morgan fingerprint density at radius 2 is 2.06 bits per heavy atom. The summed E-state index contributed by atoms with van der Waals surface area (Å²) in [4.78, 5) is 0. The molecule has 0 aliphatic rings. The normalized spacial score (nSPS) is 10.4. The lowest BCUT2D eigenvalue weighted by Crippen LogP contribution is -2.02. The first-order valence-corrected chi connectivity index (χ1v) is 6.68. The molecule has 0 aliphatic carbocycles. The number of halogens is 3. The summed E-state index contributed by atoms with van der Waals surface area (Å²) in [7, 11) is 0. The summed E-state index contributed by atoms with van der Waals surface area (Å²) in [5.41, 5.74) is 2.45. The summed E-state index contributed by atoms with van der Waals surface area (Å²) >= 11 is 9.41. The van der Waals surface area contributed by atoms with Gasteiger partial charge in [0.25, 0.3) is 0 Å². The highest BCUT2D eigenvalue weighted by Crippen LogP contribution is 2.23. The maximum absolute atomic E-state index is 13.4. The van der Waals surface area contributed by atoms with Crippen molar-refractivity contribution in [3.8, 4) is 0 Å². The van der Waals surface area contributed by atoms with Crippen molar-refractivity contribution in [3.05, 3.63) is 62.8 Å². The molecule has 0 aromatic heterocycles. The van der Waals surface area contributed by atoms with Crippen molar-refractivity contribution in [2.75, 3.05) is 5.32 Å². The van der Waals surface area contributed by atoms with Crippen LogP contribution < -0.4 is 5.32 Å². The standard InChI is InChI=1S/C14H12BrClFN/c1-9-13(17)3-2-4-14(9)18-8-10-7-11(16)5-6-12(10)15/h2-7,18H,8H2,1H3. The fourth-order valence-corrected chi connectivity index (χ4v) is 2.25. The summed E-state index contributed by atoms with van der Waals surface area (Å²) in [5, 5.41) is 3.90. The molecule has 0 saturated heterocycles. The van der Waals surface area contributed by atoms with E-state index in [0.717, 1.165) is 15.7 Å². The van der Waals surface area contributed by atoms with Gasteiger partial charge >= 0.3 is 0 Å². The van der Waals surface area contributed by atoms with E-state index in [-0.39, 0.29) is 5.82 Å². The largest absolute Gasteiger partial charge is 0.381 e. The van der Waals surface area contributed by atoms with E-state index in [1.807, 2.05) is 24.3 Å². The van der Waals surface area contributed by atoms with Gasteiger partial charge in [0.15, 0.2) is 0 Å². The summed E-state index contributed by atoms with van der Waals surface area (Å²) in [6, 6.07) is 10.6. The molecule has 1 nitrogen and oxygen atoms in total. The van der Waals surface area contributed by atoms with E-state index in [1.54, 1.807) is 13.0 Å². The molecule has 0 spiro atoms. The van der Waals surface area contributed by atoms with Crippen molar-refractivity contribution in [1.29, 1.82) is 0 Å². The zero-order chi connectivity index (χ0) is 13.1. The minimum atomic E-state index is -0.204. The molecule has 0 atom stereocenters. The Morgan fingerprint density at radius 3 is 2.83 bits per heavy atom. The highest BCUT2D eigenvalue weighted by molar-refractivity contribution is 9.10. The minimum absolute atomic E-state index is 0.204. The molecule has 2 aromatic carbocycles. The maximum atomic E-state index is 13.4. The summed E-state index contributed by atoms with van der Waals surface area (Å²) in [6.07, 6.45) is 0. The Balaban J connectivity index is 2.16. The zero-order valence-electron chi connectivity index (χ0n) is 9.81. The molecule has 0 fully saturated rings. The summed E-state index contributed by atoms with van der Waals surface area (Å²) in [6.45, 7) is 2.34. The van der Waals surface area contributed by atoms with Gasteiger partial charge < -0.3 is 5.32 Å². The molecular weight excluding hydrogens is 317 g/mol. The molecule has 0 unspecified atom stereocenters. The van der Waals surface area contributed by atoms with Crippen LogP contribution in [0.1, 0.15) is 11.1 Å². The Morgan fingerprint density at radius 1 is 1.28 bits per heavy atom. The van der Waals surface area contributed by atoms with Crippen molar-refractivity contribution in [3.63, 3.8) is 0 Å². The van der Waals surface area contributed by atoms with Crippen LogP contribution in [-0.4, -0.2) is 0 Å². The molecular formula is C14H12BrClFN. The van der Waals surface area contributed by atoms with Crippen LogP contribution >= 0.6 is 27.5 Å². The van der Waals surface area contributed by atoms with Crippen molar-refractivity contribution in [2.45, 2.75) is 13.5 Å². The average molecular weight is 329 g/mol. The van der Waals surface area contributed by atoms with E-state index in [0.29, 0.717) is 17.1 Å². The quantitative estimate of drug-likeness (QED) is 0.820. The third-order valence-electron chi connectivity index (χ3n) is 2.74. The molecule has 0 bridgehead atoms. The molecule has 18 heavy (non-hydrogen) atoms. The Bertz CT molecular complexity index is 570. The van der Waals surface area contributed by atoms with Gasteiger partial charge in [0.05, 0.1) is 0 Å². The molecule has 2 aromatic rings. The van der Waals surface area contributed by atoms with E-state index >= 15 is 0 Å². The SMILES string of the molecule is Cc1c(F)cccc1NCc1cc(Cl)ccc1Br. The van der Waals surface area contributed by atoms with Gasteiger partial charge in [-0.3, -0.25) is 0 Å². The van der Waals surface area contributed by atoms with Crippen LogP contribution in [0.5, 0.6) is 0 Å². The molecule has 2 rings (SSSR count). The molecule has 94 valence electrons. The van der Waals surface area contributed by atoms with Crippen LogP contribution in [0.4, 0.5) is 10.1 Å². The molecule has 0 amide bonds. The number of benzene rings is 2. The topological polar surface area (TPSA) is 12.0 Å². The van der Waals surface area contributed by atoms with Crippen molar-refractivity contribution in [1.82, 2.24) is 0 Å². The van der Waals surface area contributed by atoms with Crippen molar-refractivity contribution in [2.24, 2.45) is 0 Å². The second-order valence-corrected chi connectivity index (χ2v) is 5.29. The van der Waals surface area contributed by atoms with Crippen LogP contribution in [0.3, 0.4) is 0 Å². The van der Waals surface area contributed by atoms with Gasteiger partial charge in [-0.15, -0.1) is 0 Å². The van der Waals surface area contributed by atoms with Gasteiger partial charge in [-0.2, -0.15) is 0 Å². The van der Waals surface area contributed by atoms with Crippen LogP contribution in [-0.2, 0) is 6.54 Å². The lowest BCUT2D eigenvalue weighted by Gasteiger charge is -2.11. The van der Waals surface area contributed by atoms with Crippen LogP contribution in [0, 0.1) is 12.7 Å². The van der Waals surface area contributed by atoms with Crippen molar-refractivity contribution >= 4 is 33.2 Å². The van der Waals surface area contributed by atoms with Crippen LogP contribution in [0.15, 0.2) is 40.9 Å². The van der Waals surface area contributed by atoms with E-state index in [2.05, 4.69) is 21.2 Å². The molecule has 0 radical (unpaired) electrons. The van der Waals surface area contributed by atoms with E-state index in [9.17, 15) is 4.39 Å².